The van der Waals surface area contributed by atoms with Gasteiger partial charge in [-0.05, 0) is 42.4 Å². The number of rotatable bonds is 10. The molecule has 0 bridgehead atoms. The Balaban J connectivity index is 1.63. The zero-order valence-corrected chi connectivity index (χ0v) is 22.8. The molecule has 0 aromatic heterocycles. The average Bonchev–Trinajstić information content (AvgIpc) is 3.35. The van der Waals surface area contributed by atoms with Gasteiger partial charge in [-0.2, -0.15) is 0 Å². The summed E-state index contributed by atoms with van der Waals surface area (Å²) >= 11 is 4.66. The monoisotopic (exact) mass is 587 g/mol. The van der Waals surface area contributed by atoms with Crippen LogP contribution in [0.5, 0.6) is 5.75 Å². The lowest BCUT2D eigenvalue weighted by atomic mass is 10.2. The van der Waals surface area contributed by atoms with Crippen molar-refractivity contribution in [3.63, 3.8) is 0 Å². The van der Waals surface area contributed by atoms with Gasteiger partial charge in [0.25, 0.3) is 15.9 Å². The van der Waals surface area contributed by atoms with E-state index in [0.717, 1.165) is 27.4 Å². The van der Waals surface area contributed by atoms with Crippen molar-refractivity contribution in [2.45, 2.75) is 30.5 Å². The van der Waals surface area contributed by atoms with Crippen LogP contribution in [0, 0.1) is 0 Å². The molecule has 1 aliphatic heterocycles. The number of thioether (sulfide) groups is 1. The van der Waals surface area contributed by atoms with Gasteiger partial charge in [0, 0.05) is 22.8 Å². The molecule has 0 aliphatic carbocycles. The summed E-state index contributed by atoms with van der Waals surface area (Å²) in [6, 6.07) is 23.8. The fourth-order valence-corrected chi connectivity index (χ4v) is 7.11. The SMILES string of the molecule is CCN(Cc1cc(Br)ccc1OCc1ccccc1)C1SC(C(N)=O)=CN1S(=O)(=O)c1ccccc1. The number of ether oxygens (including phenoxy) is 1. The lowest BCUT2D eigenvalue weighted by Crippen LogP contribution is -2.44. The van der Waals surface area contributed by atoms with Crippen molar-refractivity contribution in [2.24, 2.45) is 5.73 Å². The maximum Gasteiger partial charge on any atom is 0.265 e. The molecule has 0 spiro atoms. The number of halogens is 1. The molecule has 188 valence electrons. The van der Waals surface area contributed by atoms with E-state index >= 15 is 0 Å². The topological polar surface area (TPSA) is 92.9 Å². The smallest absolute Gasteiger partial charge is 0.265 e. The van der Waals surface area contributed by atoms with Crippen LogP contribution in [0.15, 0.2) is 99.3 Å². The van der Waals surface area contributed by atoms with Gasteiger partial charge in [0.1, 0.15) is 17.9 Å². The molecule has 1 amide bonds. The summed E-state index contributed by atoms with van der Waals surface area (Å²) < 4.78 is 35.3. The van der Waals surface area contributed by atoms with Gasteiger partial charge in [-0.15, -0.1) is 0 Å². The molecule has 3 aromatic rings. The highest BCUT2D eigenvalue weighted by molar-refractivity contribution is 9.10. The fraction of sp³-hybridized carbons (Fsp3) is 0.192. The maximum absolute atomic E-state index is 13.5. The van der Waals surface area contributed by atoms with E-state index in [9.17, 15) is 13.2 Å². The van der Waals surface area contributed by atoms with Crippen molar-refractivity contribution in [3.05, 3.63) is 106 Å². The van der Waals surface area contributed by atoms with E-state index in [0.29, 0.717) is 25.4 Å². The van der Waals surface area contributed by atoms with Crippen LogP contribution in [-0.4, -0.2) is 35.6 Å². The van der Waals surface area contributed by atoms with Crippen LogP contribution in [0.3, 0.4) is 0 Å². The number of sulfonamides is 1. The molecular weight excluding hydrogens is 562 g/mol. The third-order valence-electron chi connectivity index (χ3n) is 5.61. The molecule has 0 saturated carbocycles. The largest absolute Gasteiger partial charge is 0.489 e. The van der Waals surface area contributed by atoms with Crippen molar-refractivity contribution in [3.8, 4) is 5.75 Å². The third-order valence-corrected chi connectivity index (χ3v) is 9.26. The Morgan fingerprint density at radius 2 is 1.75 bits per heavy atom. The molecule has 0 saturated heterocycles. The first-order valence-electron chi connectivity index (χ1n) is 11.3. The van der Waals surface area contributed by atoms with Gasteiger partial charge >= 0.3 is 0 Å². The quantitative estimate of drug-likeness (QED) is 0.363. The second kappa shape index (κ2) is 11.5. The molecule has 2 N–H and O–H groups in total. The summed E-state index contributed by atoms with van der Waals surface area (Å²) in [6.07, 6.45) is 1.33. The number of primary amides is 1. The standard InChI is InChI=1S/C26H26BrN3O4S2/c1-2-29(16-20-15-21(27)13-14-23(20)34-18-19-9-5-3-6-10-19)26-30(17-24(35-26)25(28)31)36(32,33)22-11-7-4-8-12-22/h3-15,17,26H,2,16,18H2,1H3,(H2,28,31). The maximum atomic E-state index is 13.5. The van der Waals surface area contributed by atoms with E-state index in [2.05, 4.69) is 15.9 Å². The summed E-state index contributed by atoms with van der Waals surface area (Å²) in [5, 5.41) is 0. The van der Waals surface area contributed by atoms with Crippen LogP contribution in [0.4, 0.5) is 0 Å². The molecule has 0 fully saturated rings. The second-order valence-corrected chi connectivity index (χ2v) is 11.9. The van der Waals surface area contributed by atoms with Gasteiger partial charge in [0.15, 0.2) is 0 Å². The predicted octanol–water partition coefficient (Wildman–Crippen LogP) is 4.90. The minimum atomic E-state index is -3.92. The highest BCUT2D eigenvalue weighted by atomic mass is 79.9. The fourth-order valence-electron chi connectivity index (χ4n) is 3.75. The highest BCUT2D eigenvalue weighted by Gasteiger charge is 2.39. The van der Waals surface area contributed by atoms with Crippen LogP contribution in [0.1, 0.15) is 18.1 Å². The number of benzene rings is 3. The molecule has 1 atom stereocenters. The van der Waals surface area contributed by atoms with Gasteiger partial charge in [0.2, 0.25) is 0 Å². The van der Waals surface area contributed by atoms with Crippen LogP contribution in [0.25, 0.3) is 0 Å². The molecular formula is C26H26BrN3O4S2. The van der Waals surface area contributed by atoms with Crippen LogP contribution >= 0.6 is 27.7 Å². The average molecular weight is 589 g/mol. The Hall–Kier alpha value is -2.79. The summed E-state index contributed by atoms with van der Waals surface area (Å²) in [7, 11) is -3.92. The summed E-state index contributed by atoms with van der Waals surface area (Å²) in [5.74, 6) is 0.0326. The Kier molecular flexibility index (Phi) is 8.40. The van der Waals surface area contributed by atoms with Gasteiger partial charge < -0.3 is 10.5 Å². The molecule has 4 rings (SSSR count). The number of nitrogens with two attached hydrogens (primary N) is 1. The van der Waals surface area contributed by atoms with Gasteiger partial charge in [-0.1, -0.05) is 83.1 Å². The van der Waals surface area contributed by atoms with Crippen molar-refractivity contribution in [1.82, 2.24) is 9.21 Å². The van der Waals surface area contributed by atoms with Crippen molar-refractivity contribution < 1.29 is 17.9 Å². The van der Waals surface area contributed by atoms with Crippen LogP contribution in [0.2, 0.25) is 0 Å². The normalized spacial score (nSPS) is 15.7. The van der Waals surface area contributed by atoms with Gasteiger partial charge in [0.05, 0.1) is 9.80 Å². The molecule has 10 heteroatoms. The molecule has 36 heavy (non-hydrogen) atoms. The number of amides is 1. The number of carbonyl (C=O) groups excluding carboxylic acids is 1. The number of hydrogen-bond donors (Lipinski definition) is 1. The zero-order valence-electron chi connectivity index (χ0n) is 19.6. The van der Waals surface area contributed by atoms with Crippen LogP contribution < -0.4 is 10.5 Å². The predicted molar refractivity (Wildman–Crippen MR) is 145 cm³/mol. The van der Waals surface area contributed by atoms with Crippen molar-refractivity contribution in [2.75, 3.05) is 6.54 Å². The molecule has 1 heterocycles. The van der Waals surface area contributed by atoms with E-state index in [-0.39, 0.29) is 9.80 Å². The third kappa shape index (κ3) is 5.95. The van der Waals surface area contributed by atoms with E-state index in [1.54, 1.807) is 18.2 Å². The number of hydrogen-bond acceptors (Lipinski definition) is 6. The van der Waals surface area contributed by atoms with Gasteiger partial charge in [-0.25, -0.2) is 12.7 Å². The van der Waals surface area contributed by atoms with Crippen LogP contribution in [-0.2, 0) is 28.0 Å². The summed E-state index contributed by atoms with van der Waals surface area (Å²) in [6.45, 7) is 3.25. The number of carbonyl (C=O) groups is 1. The minimum absolute atomic E-state index is 0.142. The van der Waals surface area contributed by atoms with Crippen molar-refractivity contribution >= 4 is 43.6 Å². The molecule has 7 nitrogen and oxygen atoms in total. The number of nitrogens with zero attached hydrogens (tertiary/aromatic N) is 2. The highest BCUT2D eigenvalue weighted by Crippen LogP contribution is 2.39. The first kappa shape index (κ1) is 26.3. The van der Waals surface area contributed by atoms with Crippen molar-refractivity contribution in [1.29, 1.82) is 0 Å². The lowest BCUT2D eigenvalue weighted by molar-refractivity contribution is -0.113. The first-order valence-corrected chi connectivity index (χ1v) is 14.4. The molecule has 1 aliphatic rings. The summed E-state index contributed by atoms with van der Waals surface area (Å²) in [5.41, 5.74) is 6.78. The van der Waals surface area contributed by atoms with E-state index in [1.807, 2.05) is 60.4 Å². The zero-order chi connectivity index (χ0) is 25.7. The Morgan fingerprint density at radius 1 is 1.08 bits per heavy atom. The lowest BCUT2D eigenvalue weighted by Gasteiger charge is -2.34. The first-order chi connectivity index (χ1) is 17.3. The molecule has 1 unspecified atom stereocenters. The van der Waals surface area contributed by atoms with E-state index in [1.165, 1.54) is 22.6 Å². The molecule has 0 radical (unpaired) electrons. The Labute approximate surface area is 224 Å². The Bertz CT molecular complexity index is 1350. The van der Waals surface area contributed by atoms with E-state index in [4.69, 9.17) is 10.5 Å². The summed E-state index contributed by atoms with van der Waals surface area (Å²) in [4.78, 5) is 14.3. The second-order valence-electron chi connectivity index (χ2n) is 8.04. The Morgan fingerprint density at radius 3 is 2.39 bits per heavy atom. The minimum Gasteiger partial charge on any atom is -0.489 e. The van der Waals surface area contributed by atoms with E-state index < -0.39 is 21.4 Å². The van der Waals surface area contributed by atoms with Gasteiger partial charge in [-0.3, -0.25) is 9.69 Å². The molecule has 3 aromatic carbocycles.